The molecule has 21 heavy (non-hydrogen) atoms. The van der Waals surface area contributed by atoms with E-state index in [0.717, 1.165) is 25.3 Å². The highest BCUT2D eigenvalue weighted by Gasteiger charge is 2.25. The van der Waals surface area contributed by atoms with Crippen molar-refractivity contribution in [1.29, 1.82) is 0 Å². The van der Waals surface area contributed by atoms with Crippen LogP contribution < -0.4 is 5.32 Å². The van der Waals surface area contributed by atoms with E-state index in [1.54, 1.807) is 6.07 Å². The molecule has 6 heteroatoms. The van der Waals surface area contributed by atoms with Crippen LogP contribution in [0, 0.1) is 11.7 Å². The van der Waals surface area contributed by atoms with Crippen molar-refractivity contribution in [2.75, 3.05) is 39.9 Å². The molecule has 0 bridgehead atoms. The Bertz CT molecular complexity index is 429. The number of nitrogens with one attached hydrogen (secondary N) is 1. The topological polar surface area (TPSA) is 57.6 Å². The molecule has 2 N–H and O–H groups in total. The van der Waals surface area contributed by atoms with Gasteiger partial charge in [-0.15, -0.1) is 0 Å². The number of hydrogen-bond donors (Lipinski definition) is 2. The zero-order valence-corrected chi connectivity index (χ0v) is 12.6. The first-order valence-corrected chi connectivity index (χ1v) is 7.37. The zero-order valence-electron chi connectivity index (χ0n) is 12.6. The molecule has 118 valence electrons. The number of morpholine rings is 1. The summed E-state index contributed by atoms with van der Waals surface area (Å²) in [4.78, 5) is 6.47. The minimum atomic E-state index is -0.319. The molecule has 1 aromatic rings. The lowest BCUT2D eigenvalue weighted by Crippen LogP contribution is -2.46. The van der Waals surface area contributed by atoms with Gasteiger partial charge in [-0.25, -0.2) is 4.39 Å². The van der Waals surface area contributed by atoms with Gasteiger partial charge >= 0.3 is 0 Å². The molecular weight excluding hydrogens is 273 g/mol. The Morgan fingerprint density at radius 2 is 2.38 bits per heavy atom. The maximum atomic E-state index is 13.0. The van der Waals surface area contributed by atoms with Crippen LogP contribution >= 0.6 is 0 Å². The summed E-state index contributed by atoms with van der Waals surface area (Å²) in [6.07, 6.45) is 1.16. The first-order valence-electron chi connectivity index (χ1n) is 7.37. The Kier molecular flexibility index (Phi) is 6.05. The lowest BCUT2D eigenvalue weighted by molar-refractivity contribution is -0.0567. The van der Waals surface area contributed by atoms with E-state index in [4.69, 9.17) is 4.74 Å². The number of aliphatic hydroxyl groups is 1. The fourth-order valence-corrected chi connectivity index (χ4v) is 2.86. The lowest BCUT2D eigenvalue weighted by Gasteiger charge is -2.35. The van der Waals surface area contributed by atoms with Gasteiger partial charge in [-0.05, 0) is 25.1 Å². The van der Waals surface area contributed by atoms with Gasteiger partial charge in [-0.3, -0.25) is 9.88 Å². The molecular formula is C15H24FN3O2. The Morgan fingerprint density at radius 3 is 3.00 bits per heavy atom. The first-order chi connectivity index (χ1) is 10.1. The second-order valence-electron chi connectivity index (χ2n) is 5.58. The van der Waals surface area contributed by atoms with E-state index >= 15 is 0 Å². The maximum Gasteiger partial charge on any atom is 0.141 e. The summed E-state index contributed by atoms with van der Waals surface area (Å²) in [6, 6.07) is 3.24. The first kappa shape index (κ1) is 16.3. The number of hydrogen-bond acceptors (Lipinski definition) is 5. The van der Waals surface area contributed by atoms with Crippen molar-refractivity contribution in [2.24, 2.45) is 5.92 Å². The molecule has 0 spiro atoms. The molecule has 3 unspecified atom stereocenters. The smallest absolute Gasteiger partial charge is 0.141 e. The Labute approximate surface area is 125 Å². The molecule has 2 rings (SSSR count). The molecule has 5 nitrogen and oxygen atoms in total. The Balaban J connectivity index is 1.96. The van der Waals surface area contributed by atoms with Gasteiger partial charge in [-0.2, -0.15) is 0 Å². The summed E-state index contributed by atoms with van der Waals surface area (Å²) in [5.74, 6) is -0.00868. The molecule has 0 radical (unpaired) electrons. The summed E-state index contributed by atoms with van der Waals surface area (Å²) in [6.45, 7) is 5.35. The second kappa shape index (κ2) is 7.79. The van der Waals surface area contributed by atoms with Crippen LogP contribution in [0.2, 0.25) is 0 Å². The molecule has 1 aromatic heterocycles. The van der Waals surface area contributed by atoms with E-state index in [1.807, 2.05) is 7.05 Å². The number of ether oxygens (including phenoxy) is 1. The van der Waals surface area contributed by atoms with E-state index in [2.05, 4.69) is 22.1 Å². The fraction of sp³-hybridized carbons (Fsp3) is 0.667. The summed E-state index contributed by atoms with van der Waals surface area (Å²) >= 11 is 0. The van der Waals surface area contributed by atoms with Gasteiger partial charge < -0.3 is 15.2 Å². The highest BCUT2D eigenvalue weighted by molar-refractivity contribution is 5.11. The van der Waals surface area contributed by atoms with Crippen molar-refractivity contribution in [2.45, 2.75) is 19.1 Å². The molecule has 1 saturated heterocycles. The third kappa shape index (κ3) is 4.44. The fourth-order valence-electron chi connectivity index (χ4n) is 2.86. The zero-order chi connectivity index (χ0) is 15.2. The van der Waals surface area contributed by atoms with Crippen LogP contribution in [0.4, 0.5) is 4.39 Å². The Hall–Kier alpha value is -1.08. The van der Waals surface area contributed by atoms with Crippen molar-refractivity contribution in [3.63, 3.8) is 0 Å². The third-order valence-electron chi connectivity index (χ3n) is 3.92. The summed E-state index contributed by atoms with van der Waals surface area (Å²) < 4.78 is 18.4. The van der Waals surface area contributed by atoms with Crippen LogP contribution in [-0.2, 0) is 4.74 Å². The normalized spacial score (nSPS) is 23.0. The molecule has 0 aliphatic carbocycles. The number of pyridine rings is 1. The predicted octanol–water partition coefficient (Wildman–Crippen LogP) is 0.810. The van der Waals surface area contributed by atoms with E-state index in [1.165, 1.54) is 12.3 Å². The van der Waals surface area contributed by atoms with Gasteiger partial charge in [0.25, 0.3) is 0 Å². The van der Waals surface area contributed by atoms with Crippen LogP contribution in [0.25, 0.3) is 0 Å². The average molecular weight is 297 g/mol. The second-order valence-corrected chi connectivity index (χ2v) is 5.58. The van der Waals surface area contributed by atoms with Gasteiger partial charge in [0.05, 0.1) is 37.3 Å². The number of aromatic nitrogens is 1. The van der Waals surface area contributed by atoms with Crippen LogP contribution in [0.15, 0.2) is 18.3 Å². The summed E-state index contributed by atoms with van der Waals surface area (Å²) in [5, 5.41) is 12.5. The molecule has 0 saturated carbocycles. The quantitative estimate of drug-likeness (QED) is 0.814. The van der Waals surface area contributed by atoms with Gasteiger partial charge in [-0.1, -0.05) is 6.92 Å². The van der Waals surface area contributed by atoms with Crippen molar-refractivity contribution in [3.8, 4) is 0 Å². The Morgan fingerprint density at radius 1 is 1.57 bits per heavy atom. The van der Waals surface area contributed by atoms with E-state index in [9.17, 15) is 9.50 Å². The number of rotatable bonds is 6. The molecule has 3 atom stereocenters. The molecule has 2 heterocycles. The number of nitrogens with zero attached hydrogens (tertiary/aromatic N) is 2. The van der Waals surface area contributed by atoms with Crippen molar-refractivity contribution >= 4 is 0 Å². The third-order valence-corrected chi connectivity index (χ3v) is 3.92. The summed E-state index contributed by atoms with van der Waals surface area (Å²) in [7, 11) is 1.89. The van der Waals surface area contributed by atoms with Crippen molar-refractivity contribution < 1.29 is 14.2 Å². The lowest BCUT2D eigenvalue weighted by atomic mass is 9.97. The SMILES string of the molecule is CNC(c1ccc(F)cn1)C(C)CN1CCOC(CO)C1. The predicted molar refractivity (Wildman–Crippen MR) is 78.4 cm³/mol. The van der Waals surface area contributed by atoms with Crippen LogP contribution in [0.1, 0.15) is 18.7 Å². The number of aliphatic hydroxyl groups excluding tert-OH is 1. The van der Waals surface area contributed by atoms with Gasteiger partial charge in [0, 0.05) is 19.6 Å². The van der Waals surface area contributed by atoms with E-state index in [0.29, 0.717) is 12.5 Å². The van der Waals surface area contributed by atoms with Crippen LogP contribution in [-0.4, -0.2) is 61.0 Å². The standard InChI is InChI=1S/C15H24FN3O2/c1-11(8-19-5-6-21-13(9-19)10-20)15(17-2)14-4-3-12(16)7-18-14/h3-4,7,11,13,15,17,20H,5-6,8-10H2,1-2H3. The van der Waals surface area contributed by atoms with Gasteiger partial charge in [0.15, 0.2) is 0 Å². The molecule has 1 fully saturated rings. The van der Waals surface area contributed by atoms with Gasteiger partial charge in [0.2, 0.25) is 0 Å². The largest absolute Gasteiger partial charge is 0.394 e. The van der Waals surface area contributed by atoms with Crippen LogP contribution in [0.3, 0.4) is 0 Å². The number of halogens is 1. The highest BCUT2D eigenvalue weighted by Crippen LogP contribution is 2.21. The maximum absolute atomic E-state index is 13.0. The van der Waals surface area contributed by atoms with E-state index in [-0.39, 0.29) is 24.6 Å². The average Bonchev–Trinajstić information content (AvgIpc) is 2.50. The van der Waals surface area contributed by atoms with E-state index < -0.39 is 0 Å². The molecule has 1 aliphatic heterocycles. The molecule has 0 aromatic carbocycles. The monoisotopic (exact) mass is 297 g/mol. The summed E-state index contributed by atoms with van der Waals surface area (Å²) in [5.41, 5.74) is 0.846. The van der Waals surface area contributed by atoms with Gasteiger partial charge in [0.1, 0.15) is 5.82 Å². The van der Waals surface area contributed by atoms with Crippen molar-refractivity contribution in [3.05, 3.63) is 29.8 Å². The minimum Gasteiger partial charge on any atom is -0.394 e. The highest BCUT2D eigenvalue weighted by atomic mass is 19.1. The molecule has 0 amide bonds. The van der Waals surface area contributed by atoms with Crippen LogP contribution in [0.5, 0.6) is 0 Å². The minimum absolute atomic E-state index is 0.0554. The van der Waals surface area contributed by atoms with Crippen molar-refractivity contribution in [1.82, 2.24) is 15.2 Å². The molecule has 1 aliphatic rings.